The third-order valence-electron chi connectivity index (χ3n) is 2.46. The van der Waals surface area contributed by atoms with E-state index in [-0.39, 0.29) is 5.91 Å². The van der Waals surface area contributed by atoms with Crippen molar-refractivity contribution >= 4 is 5.91 Å². The van der Waals surface area contributed by atoms with Gasteiger partial charge < -0.3 is 5.73 Å². The van der Waals surface area contributed by atoms with Crippen molar-refractivity contribution in [3.63, 3.8) is 0 Å². The van der Waals surface area contributed by atoms with Gasteiger partial charge >= 0.3 is 0 Å². The largest absolute Gasteiger partial charge is 0.370 e. The van der Waals surface area contributed by atoms with Crippen LogP contribution in [0.25, 0.3) is 0 Å². The Morgan fingerprint density at radius 3 is 2.18 bits per heavy atom. The number of nitrogens with two attached hydrogens (primary N) is 1. The van der Waals surface area contributed by atoms with Crippen LogP contribution in [0.3, 0.4) is 0 Å². The summed E-state index contributed by atoms with van der Waals surface area (Å²) in [7, 11) is 0. The maximum Gasteiger partial charge on any atom is 0.217 e. The first-order valence-corrected chi connectivity index (χ1v) is 4.57. The maximum absolute atomic E-state index is 10.6. The SMILES string of the molecule is NC(=O)CC1CCCCCC1. The number of hydrogen-bond donors (Lipinski definition) is 1. The molecule has 2 N–H and O–H groups in total. The lowest BCUT2D eigenvalue weighted by Crippen LogP contribution is -2.15. The summed E-state index contributed by atoms with van der Waals surface area (Å²) in [6, 6.07) is 0. The molecular weight excluding hydrogens is 138 g/mol. The van der Waals surface area contributed by atoms with Crippen molar-refractivity contribution in [1.29, 1.82) is 0 Å². The van der Waals surface area contributed by atoms with Gasteiger partial charge in [-0.3, -0.25) is 4.79 Å². The molecule has 0 aromatic carbocycles. The van der Waals surface area contributed by atoms with Gasteiger partial charge in [0.1, 0.15) is 0 Å². The highest BCUT2D eigenvalue weighted by atomic mass is 16.1. The Balaban J connectivity index is 2.25. The van der Waals surface area contributed by atoms with E-state index in [4.69, 9.17) is 5.73 Å². The van der Waals surface area contributed by atoms with Crippen LogP contribution < -0.4 is 5.73 Å². The van der Waals surface area contributed by atoms with Gasteiger partial charge in [0.25, 0.3) is 0 Å². The minimum absolute atomic E-state index is 0.128. The fourth-order valence-electron chi connectivity index (χ4n) is 1.85. The molecule has 64 valence electrons. The fraction of sp³-hybridized carbons (Fsp3) is 0.889. The van der Waals surface area contributed by atoms with Crippen molar-refractivity contribution in [3.8, 4) is 0 Å². The normalized spacial score (nSPS) is 21.1. The predicted octanol–water partition coefficient (Wildman–Crippen LogP) is 1.83. The molecule has 11 heavy (non-hydrogen) atoms. The minimum atomic E-state index is -0.128. The van der Waals surface area contributed by atoms with Crippen LogP contribution >= 0.6 is 0 Å². The predicted molar refractivity (Wildman–Crippen MR) is 45.0 cm³/mol. The zero-order chi connectivity index (χ0) is 8.10. The van der Waals surface area contributed by atoms with E-state index in [2.05, 4.69) is 0 Å². The molecule has 0 heterocycles. The van der Waals surface area contributed by atoms with Crippen molar-refractivity contribution < 1.29 is 4.79 Å². The molecule has 1 aliphatic carbocycles. The van der Waals surface area contributed by atoms with Crippen LogP contribution in [0.4, 0.5) is 0 Å². The molecule has 0 bridgehead atoms. The van der Waals surface area contributed by atoms with Crippen LogP contribution in [0.2, 0.25) is 0 Å². The van der Waals surface area contributed by atoms with E-state index in [1.807, 2.05) is 0 Å². The highest BCUT2D eigenvalue weighted by Gasteiger charge is 2.13. The summed E-state index contributed by atoms with van der Waals surface area (Å²) in [5, 5.41) is 0. The monoisotopic (exact) mass is 155 g/mol. The van der Waals surface area contributed by atoms with Gasteiger partial charge in [0.05, 0.1) is 0 Å². The van der Waals surface area contributed by atoms with Gasteiger partial charge in [-0.15, -0.1) is 0 Å². The van der Waals surface area contributed by atoms with E-state index < -0.39 is 0 Å². The number of primary amides is 1. The van der Waals surface area contributed by atoms with Crippen molar-refractivity contribution in [2.75, 3.05) is 0 Å². The second-order valence-corrected chi connectivity index (χ2v) is 3.53. The van der Waals surface area contributed by atoms with Gasteiger partial charge in [0, 0.05) is 6.42 Å². The summed E-state index contributed by atoms with van der Waals surface area (Å²) in [5.41, 5.74) is 5.14. The lowest BCUT2D eigenvalue weighted by molar-refractivity contribution is -0.119. The Bertz CT molecular complexity index is 126. The Hall–Kier alpha value is -0.530. The lowest BCUT2D eigenvalue weighted by Gasteiger charge is -2.09. The molecule has 1 fully saturated rings. The highest BCUT2D eigenvalue weighted by molar-refractivity contribution is 5.73. The zero-order valence-corrected chi connectivity index (χ0v) is 7.01. The van der Waals surface area contributed by atoms with Gasteiger partial charge in [0.15, 0.2) is 0 Å². The van der Waals surface area contributed by atoms with E-state index in [0.717, 1.165) is 0 Å². The first-order chi connectivity index (χ1) is 5.29. The van der Waals surface area contributed by atoms with E-state index >= 15 is 0 Å². The van der Waals surface area contributed by atoms with E-state index in [9.17, 15) is 4.79 Å². The summed E-state index contributed by atoms with van der Waals surface area (Å²) in [6.45, 7) is 0. The molecule has 1 rings (SSSR count). The molecule has 1 aliphatic rings. The number of amides is 1. The van der Waals surface area contributed by atoms with Crippen LogP contribution in [0.5, 0.6) is 0 Å². The number of carbonyl (C=O) groups is 1. The van der Waals surface area contributed by atoms with E-state index in [0.29, 0.717) is 12.3 Å². The van der Waals surface area contributed by atoms with Crippen LogP contribution in [0.15, 0.2) is 0 Å². The molecule has 2 nitrogen and oxygen atoms in total. The highest BCUT2D eigenvalue weighted by Crippen LogP contribution is 2.24. The van der Waals surface area contributed by atoms with Crippen molar-refractivity contribution in [1.82, 2.24) is 0 Å². The third kappa shape index (κ3) is 3.40. The molecule has 0 radical (unpaired) electrons. The molecule has 0 unspecified atom stereocenters. The average molecular weight is 155 g/mol. The zero-order valence-electron chi connectivity index (χ0n) is 7.01. The number of hydrogen-bond acceptors (Lipinski definition) is 1. The molecule has 0 aromatic rings. The number of rotatable bonds is 2. The van der Waals surface area contributed by atoms with Crippen LogP contribution in [0.1, 0.15) is 44.9 Å². The minimum Gasteiger partial charge on any atom is -0.370 e. The summed E-state index contributed by atoms with van der Waals surface area (Å²) >= 11 is 0. The molecule has 0 aromatic heterocycles. The van der Waals surface area contributed by atoms with Crippen LogP contribution in [-0.2, 0) is 4.79 Å². The second-order valence-electron chi connectivity index (χ2n) is 3.53. The lowest BCUT2D eigenvalue weighted by atomic mass is 9.96. The standard InChI is InChI=1S/C9H17NO/c10-9(11)7-8-5-3-1-2-4-6-8/h8H,1-7H2,(H2,10,11). The summed E-state index contributed by atoms with van der Waals surface area (Å²) < 4.78 is 0. The average Bonchev–Trinajstić information content (AvgIpc) is 2.14. The summed E-state index contributed by atoms with van der Waals surface area (Å²) in [4.78, 5) is 10.6. The maximum atomic E-state index is 10.6. The van der Waals surface area contributed by atoms with Gasteiger partial charge in [-0.25, -0.2) is 0 Å². The van der Waals surface area contributed by atoms with Gasteiger partial charge in [-0.2, -0.15) is 0 Å². The van der Waals surface area contributed by atoms with Gasteiger partial charge in [-0.1, -0.05) is 25.7 Å². The fourth-order valence-corrected chi connectivity index (χ4v) is 1.85. The second kappa shape index (κ2) is 4.37. The molecule has 0 spiro atoms. The Morgan fingerprint density at radius 2 is 1.73 bits per heavy atom. The van der Waals surface area contributed by atoms with Crippen molar-refractivity contribution in [2.45, 2.75) is 44.9 Å². The van der Waals surface area contributed by atoms with E-state index in [1.165, 1.54) is 38.5 Å². The van der Waals surface area contributed by atoms with Gasteiger partial charge in [-0.05, 0) is 18.8 Å². The van der Waals surface area contributed by atoms with Crippen molar-refractivity contribution in [3.05, 3.63) is 0 Å². The molecule has 1 saturated carbocycles. The topological polar surface area (TPSA) is 43.1 Å². The van der Waals surface area contributed by atoms with Crippen molar-refractivity contribution in [2.24, 2.45) is 11.7 Å². The Labute approximate surface area is 68.2 Å². The van der Waals surface area contributed by atoms with E-state index in [1.54, 1.807) is 0 Å². The molecule has 0 aliphatic heterocycles. The molecule has 0 atom stereocenters. The van der Waals surface area contributed by atoms with Gasteiger partial charge in [0.2, 0.25) is 5.91 Å². The molecule has 0 saturated heterocycles. The first-order valence-electron chi connectivity index (χ1n) is 4.57. The summed E-state index contributed by atoms with van der Waals surface area (Å²) in [6.07, 6.45) is 8.30. The molecule has 1 amide bonds. The van der Waals surface area contributed by atoms with Crippen LogP contribution in [-0.4, -0.2) is 5.91 Å². The van der Waals surface area contributed by atoms with Crippen LogP contribution in [0, 0.1) is 5.92 Å². The first kappa shape index (κ1) is 8.57. The summed E-state index contributed by atoms with van der Waals surface area (Å²) in [5.74, 6) is 0.465. The quantitative estimate of drug-likeness (QED) is 0.607. The Morgan fingerprint density at radius 1 is 1.18 bits per heavy atom. The molecule has 2 heteroatoms. The molecular formula is C9H17NO. The number of carbonyl (C=O) groups excluding carboxylic acids is 1. The Kier molecular flexibility index (Phi) is 3.40. The third-order valence-corrected chi connectivity index (χ3v) is 2.46. The smallest absolute Gasteiger partial charge is 0.217 e.